The van der Waals surface area contributed by atoms with Gasteiger partial charge in [-0.1, -0.05) is 0 Å². The molecular weight excluding hydrogens is 236 g/mol. The van der Waals surface area contributed by atoms with Gasteiger partial charge >= 0.3 is 5.91 Å². The van der Waals surface area contributed by atoms with E-state index in [0.29, 0.717) is 6.42 Å². The fourth-order valence-corrected chi connectivity index (χ4v) is 2.51. The Labute approximate surface area is 104 Å². The Balaban J connectivity index is 2.35. The van der Waals surface area contributed by atoms with Crippen molar-refractivity contribution in [1.29, 1.82) is 0 Å². The van der Waals surface area contributed by atoms with Crippen molar-refractivity contribution in [3.8, 4) is 0 Å². The summed E-state index contributed by atoms with van der Waals surface area (Å²) in [6.07, 6.45) is 0.0231. The van der Waals surface area contributed by atoms with Gasteiger partial charge in [-0.05, 0) is 6.07 Å². The van der Waals surface area contributed by atoms with Crippen LogP contribution in [0.15, 0.2) is 24.4 Å². The molecule has 0 aromatic carbocycles. The van der Waals surface area contributed by atoms with E-state index in [0.717, 1.165) is 0 Å². The highest BCUT2D eigenvalue weighted by atomic mass is 16.3. The molecule has 0 spiro atoms. The minimum Gasteiger partial charge on any atom is -0.396 e. The van der Waals surface area contributed by atoms with Gasteiger partial charge in [0.2, 0.25) is 0 Å². The molecule has 18 heavy (non-hydrogen) atoms. The molecule has 1 fully saturated rings. The highest BCUT2D eigenvalue weighted by Crippen LogP contribution is 2.31. The number of aromatic nitrogens is 1. The maximum absolute atomic E-state index is 11.3. The molecular formula is C12H17N2O4+. The number of nitrogens with zero attached hydrogens (tertiary/aromatic N) is 1. The first-order valence-corrected chi connectivity index (χ1v) is 5.83. The number of amides is 1. The van der Waals surface area contributed by atoms with Crippen molar-refractivity contribution in [2.75, 3.05) is 6.61 Å². The van der Waals surface area contributed by atoms with E-state index in [1.807, 2.05) is 0 Å². The second-order valence-electron chi connectivity index (χ2n) is 4.58. The zero-order valence-corrected chi connectivity index (χ0v) is 9.81. The van der Waals surface area contributed by atoms with Gasteiger partial charge in [0.1, 0.15) is 6.10 Å². The smallest absolute Gasteiger partial charge is 0.313 e. The van der Waals surface area contributed by atoms with Crippen molar-refractivity contribution in [1.82, 2.24) is 0 Å². The van der Waals surface area contributed by atoms with Gasteiger partial charge in [-0.2, -0.15) is 4.57 Å². The molecule has 1 aromatic heterocycles. The zero-order chi connectivity index (χ0) is 13.3. The maximum Gasteiger partial charge on any atom is 0.313 e. The average Bonchev–Trinajstić information content (AvgIpc) is 2.66. The predicted octanol–water partition coefficient (Wildman–Crippen LogP) is -1.65. The second kappa shape index (κ2) is 5.01. The van der Waals surface area contributed by atoms with Crippen LogP contribution in [0.25, 0.3) is 0 Å². The number of rotatable bonds is 3. The Hall–Kier alpha value is -1.50. The van der Waals surface area contributed by atoms with Gasteiger partial charge in [0, 0.05) is 31.1 Å². The van der Waals surface area contributed by atoms with Crippen LogP contribution in [0.3, 0.4) is 0 Å². The van der Waals surface area contributed by atoms with E-state index in [9.17, 15) is 15.0 Å². The lowest BCUT2D eigenvalue weighted by Gasteiger charge is -2.14. The van der Waals surface area contributed by atoms with Gasteiger partial charge in [0.15, 0.2) is 12.2 Å². The third-order valence-corrected chi connectivity index (χ3v) is 3.51. The Morgan fingerprint density at radius 1 is 1.39 bits per heavy atom. The number of aliphatic hydroxyl groups excluding tert-OH is 3. The maximum atomic E-state index is 11.3. The van der Waals surface area contributed by atoms with Crippen LogP contribution in [0.2, 0.25) is 0 Å². The van der Waals surface area contributed by atoms with Gasteiger partial charge in [0.05, 0.1) is 6.10 Å². The zero-order valence-electron chi connectivity index (χ0n) is 9.81. The molecule has 2 rings (SSSR count). The predicted molar refractivity (Wildman–Crippen MR) is 61.4 cm³/mol. The quantitative estimate of drug-likeness (QED) is 0.484. The topological polar surface area (TPSA) is 108 Å². The summed E-state index contributed by atoms with van der Waals surface area (Å²) in [6, 6.07) is 4.50. The van der Waals surface area contributed by atoms with E-state index in [1.54, 1.807) is 29.0 Å². The molecule has 1 aliphatic carbocycles. The molecule has 0 bridgehead atoms. The molecule has 1 saturated carbocycles. The van der Waals surface area contributed by atoms with Crippen LogP contribution in [-0.4, -0.2) is 40.0 Å². The van der Waals surface area contributed by atoms with E-state index in [1.165, 1.54) is 0 Å². The first-order chi connectivity index (χ1) is 8.56. The Morgan fingerprint density at radius 3 is 2.67 bits per heavy atom. The van der Waals surface area contributed by atoms with Gasteiger partial charge in [-0.3, -0.25) is 4.79 Å². The molecule has 98 valence electrons. The summed E-state index contributed by atoms with van der Waals surface area (Å²) in [5, 5.41) is 28.9. The number of nitrogens with two attached hydrogens (primary N) is 1. The number of primary amides is 1. The summed E-state index contributed by atoms with van der Waals surface area (Å²) in [7, 11) is 0. The highest BCUT2D eigenvalue weighted by molar-refractivity contribution is 5.89. The van der Waals surface area contributed by atoms with Crippen molar-refractivity contribution >= 4 is 5.91 Å². The van der Waals surface area contributed by atoms with Crippen molar-refractivity contribution in [2.24, 2.45) is 11.7 Å². The van der Waals surface area contributed by atoms with Gasteiger partial charge in [-0.25, -0.2) is 0 Å². The lowest BCUT2D eigenvalue weighted by Crippen LogP contribution is -2.50. The molecule has 0 saturated heterocycles. The van der Waals surface area contributed by atoms with E-state index < -0.39 is 30.1 Å². The van der Waals surface area contributed by atoms with Crippen LogP contribution in [-0.2, 0) is 0 Å². The third kappa shape index (κ3) is 2.10. The molecule has 1 aromatic rings. The Bertz CT molecular complexity index is 451. The summed E-state index contributed by atoms with van der Waals surface area (Å²) in [4.78, 5) is 11.3. The van der Waals surface area contributed by atoms with Gasteiger partial charge < -0.3 is 21.1 Å². The fraction of sp³-hybridized carbons (Fsp3) is 0.500. The standard InChI is InChI=1S/C12H16N2O4/c13-12(18)8-3-1-2-4-14(8)9-5-7(6-15)10(16)11(9)17/h1-4,7,9-11,15-17H,5-6H2,(H-,13,18)/p+1. The summed E-state index contributed by atoms with van der Waals surface area (Å²) < 4.78 is 1.56. The number of hydrogen-bond acceptors (Lipinski definition) is 4. The fourth-order valence-electron chi connectivity index (χ4n) is 2.51. The molecule has 4 unspecified atom stereocenters. The monoisotopic (exact) mass is 253 g/mol. The number of aliphatic hydroxyl groups is 3. The highest BCUT2D eigenvalue weighted by Gasteiger charge is 2.47. The van der Waals surface area contributed by atoms with E-state index in [-0.39, 0.29) is 12.3 Å². The molecule has 0 radical (unpaired) electrons. The molecule has 1 heterocycles. The van der Waals surface area contributed by atoms with Crippen LogP contribution >= 0.6 is 0 Å². The van der Waals surface area contributed by atoms with Crippen LogP contribution in [0.5, 0.6) is 0 Å². The van der Waals surface area contributed by atoms with Crippen LogP contribution in [0, 0.1) is 5.92 Å². The number of hydrogen-bond donors (Lipinski definition) is 4. The largest absolute Gasteiger partial charge is 0.396 e. The third-order valence-electron chi connectivity index (χ3n) is 3.51. The minimum atomic E-state index is -1.02. The average molecular weight is 253 g/mol. The normalized spacial score (nSPS) is 31.5. The summed E-state index contributed by atoms with van der Waals surface area (Å²) >= 11 is 0. The molecule has 5 N–H and O–H groups in total. The SMILES string of the molecule is NC(=O)c1cccc[n+]1C1CC(CO)C(O)C1O. The molecule has 4 atom stereocenters. The lowest BCUT2D eigenvalue weighted by molar-refractivity contribution is -0.730. The van der Waals surface area contributed by atoms with Crippen LogP contribution in [0.4, 0.5) is 0 Å². The van der Waals surface area contributed by atoms with E-state index in [4.69, 9.17) is 10.8 Å². The number of carbonyl (C=O) groups is 1. The second-order valence-corrected chi connectivity index (χ2v) is 4.58. The van der Waals surface area contributed by atoms with Crippen LogP contribution in [0.1, 0.15) is 23.0 Å². The molecule has 0 aliphatic heterocycles. The summed E-state index contributed by atoms with van der Waals surface area (Å²) in [5.74, 6) is -0.983. The Morgan fingerprint density at radius 2 is 2.11 bits per heavy atom. The first kappa shape index (κ1) is 12.9. The molecule has 1 amide bonds. The van der Waals surface area contributed by atoms with Crippen molar-refractivity contribution in [3.05, 3.63) is 30.1 Å². The number of carbonyl (C=O) groups excluding carboxylic acids is 1. The summed E-state index contributed by atoms with van der Waals surface area (Å²) in [6.45, 7) is -0.200. The first-order valence-electron chi connectivity index (χ1n) is 5.83. The number of pyridine rings is 1. The molecule has 6 heteroatoms. The minimum absolute atomic E-state index is 0.200. The van der Waals surface area contributed by atoms with Gasteiger partial charge in [-0.15, -0.1) is 0 Å². The van der Waals surface area contributed by atoms with Crippen LogP contribution < -0.4 is 10.3 Å². The van der Waals surface area contributed by atoms with E-state index >= 15 is 0 Å². The lowest BCUT2D eigenvalue weighted by atomic mass is 10.1. The van der Waals surface area contributed by atoms with Crippen molar-refractivity contribution in [3.63, 3.8) is 0 Å². The molecule has 1 aliphatic rings. The Kier molecular flexibility index (Phi) is 3.60. The summed E-state index contributed by atoms with van der Waals surface area (Å²) in [5.41, 5.74) is 5.55. The molecule has 6 nitrogen and oxygen atoms in total. The van der Waals surface area contributed by atoms with Gasteiger partial charge in [0.25, 0.3) is 5.69 Å². The van der Waals surface area contributed by atoms with Crippen molar-refractivity contribution < 1.29 is 24.7 Å². The van der Waals surface area contributed by atoms with E-state index in [2.05, 4.69) is 0 Å². The van der Waals surface area contributed by atoms with Crippen molar-refractivity contribution in [2.45, 2.75) is 24.7 Å².